The highest BCUT2D eigenvalue weighted by atomic mass is 32.2. The van der Waals surface area contributed by atoms with Gasteiger partial charge in [0.15, 0.2) is 11.5 Å². The van der Waals surface area contributed by atoms with Crippen LogP contribution in [0.1, 0.15) is 18.4 Å². The molecule has 2 heterocycles. The smallest absolute Gasteiger partial charge is 0.243 e. The maximum Gasteiger partial charge on any atom is 0.243 e. The molecule has 2 aliphatic heterocycles. The van der Waals surface area contributed by atoms with E-state index in [1.165, 1.54) is 4.31 Å². The number of ether oxygens (including phenoxy) is 2. The Morgan fingerprint density at radius 1 is 0.960 bits per heavy atom. The molecule has 0 aliphatic carbocycles. The summed E-state index contributed by atoms with van der Waals surface area (Å²) in [5.74, 6) is 1.43. The molecule has 7 heteroatoms. The molecule has 1 fully saturated rings. The van der Waals surface area contributed by atoms with Crippen LogP contribution in [0.3, 0.4) is 0 Å². The second kappa shape index (κ2) is 6.50. The molecule has 0 atom stereocenters. The summed E-state index contributed by atoms with van der Waals surface area (Å²) in [6.45, 7) is 1.45. The number of nitrogens with zero attached hydrogens (tertiary/aromatic N) is 2. The van der Waals surface area contributed by atoms with Crippen LogP contribution >= 0.6 is 0 Å². The molecule has 2 aromatic rings. The lowest BCUT2D eigenvalue weighted by atomic mass is 10.2. The van der Waals surface area contributed by atoms with Crippen molar-refractivity contribution in [3.63, 3.8) is 0 Å². The largest absolute Gasteiger partial charge is 0.454 e. The normalized spacial score (nSPS) is 17.4. The van der Waals surface area contributed by atoms with Crippen molar-refractivity contribution in [3.05, 3.63) is 48.0 Å². The summed E-state index contributed by atoms with van der Waals surface area (Å²) in [4.78, 5) is 4.71. The van der Waals surface area contributed by atoms with E-state index in [2.05, 4.69) is 4.99 Å². The van der Waals surface area contributed by atoms with Crippen LogP contribution in [0.15, 0.2) is 52.4 Å². The Morgan fingerprint density at radius 2 is 1.68 bits per heavy atom. The Labute approximate surface area is 146 Å². The van der Waals surface area contributed by atoms with Gasteiger partial charge < -0.3 is 9.47 Å². The Morgan fingerprint density at radius 3 is 2.44 bits per heavy atom. The lowest BCUT2D eigenvalue weighted by Crippen LogP contribution is -2.27. The zero-order valence-electron chi connectivity index (χ0n) is 13.6. The van der Waals surface area contributed by atoms with Gasteiger partial charge in [0.1, 0.15) is 0 Å². The lowest BCUT2D eigenvalue weighted by Gasteiger charge is -2.15. The Hall–Kier alpha value is -2.38. The minimum absolute atomic E-state index is 0.239. The van der Waals surface area contributed by atoms with Gasteiger partial charge in [-0.2, -0.15) is 4.31 Å². The number of benzene rings is 2. The van der Waals surface area contributed by atoms with Crippen molar-refractivity contribution in [2.24, 2.45) is 4.99 Å². The number of fused-ring (bicyclic) bond motifs is 1. The molecule has 130 valence electrons. The molecule has 0 unspecified atom stereocenters. The second-order valence-corrected chi connectivity index (χ2v) is 7.91. The Bertz CT molecular complexity index is 901. The van der Waals surface area contributed by atoms with Crippen LogP contribution < -0.4 is 9.47 Å². The molecule has 2 aromatic carbocycles. The Balaban J connectivity index is 1.50. The van der Waals surface area contributed by atoms with Crippen LogP contribution in [-0.4, -0.2) is 38.8 Å². The zero-order valence-corrected chi connectivity index (χ0v) is 14.4. The summed E-state index contributed by atoms with van der Waals surface area (Å²) in [5.41, 5.74) is 1.58. The van der Waals surface area contributed by atoms with Crippen molar-refractivity contribution in [1.82, 2.24) is 4.31 Å². The fourth-order valence-corrected chi connectivity index (χ4v) is 4.44. The molecule has 25 heavy (non-hydrogen) atoms. The van der Waals surface area contributed by atoms with Crippen molar-refractivity contribution >= 4 is 21.9 Å². The molecular formula is C18H18N2O4S. The summed E-state index contributed by atoms with van der Waals surface area (Å²) >= 11 is 0. The average molecular weight is 358 g/mol. The summed E-state index contributed by atoms with van der Waals surface area (Å²) in [6.07, 6.45) is 3.57. The number of aliphatic imine (C=N–C) groups is 1. The third-order valence-electron chi connectivity index (χ3n) is 4.30. The van der Waals surface area contributed by atoms with Gasteiger partial charge in [-0.3, -0.25) is 4.99 Å². The quantitative estimate of drug-likeness (QED) is 0.788. The van der Waals surface area contributed by atoms with Gasteiger partial charge in [0.05, 0.1) is 10.6 Å². The molecule has 0 bridgehead atoms. The fourth-order valence-electron chi connectivity index (χ4n) is 2.92. The van der Waals surface area contributed by atoms with Gasteiger partial charge in [0.25, 0.3) is 0 Å². The van der Waals surface area contributed by atoms with Crippen molar-refractivity contribution in [1.29, 1.82) is 0 Å². The first-order valence-corrected chi connectivity index (χ1v) is 9.61. The average Bonchev–Trinajstić information content (AvgIpc) is 3.31. The minimum atomic E-state index is -3.38. The van der Waals surface area contributed by atoms with Gasteiger partial charge in [-0.25, -0.2) is 8.42 Å². The molecule has 0 spiro atoms. The van der Waals surface area contributed by atoms with Gasteiger partial charge in [0, 0.05) is 19.3 Å². The molecule has 4 rings (SSSR count). The molecule has 0 saturated carbocycles. The molecule has 1 saturated heterocycles. The summed E-state index contributed by atoms with van der Waals surface area (Å²) in [5, 5.41) is 0. The van der Waals surface area contributed by atoms with Crippen molar-refractivity contribution in [2.45, 2.75) is 17.7 Å². The van der Waals surface area contributed by atoms with Gasteiger partial charge in [-0.05, 0) is 60.9 Å². The predicted molar refractivity (Wildman–Crippen MR) is 94.3 cm³/mol. The molecule has 0 aromatic heterocycles. The summed E-state index contributed by atoms with van der Waals surface area (Å²) < 4.78 is 37.1. The first kappa shape index (κ1) is 16.1. The minimum Gasteiger partial charge on any atom is -0.454 e. The van der Waals surface area contributed by atoms with Crippen LogP contribution in [0.5, 0.6) is 11.5 Å². The highest BCUT2D eigenvalue weighted by Gasteiger charge is 2.26. The van der Waals surface area contributed by atoms with E-state index < -0.39 is 10.0 Å². The van der Waals surface area contributed by atoms with E-state index in [4.69, 9.17) is 9.47 Å². The third kappa shape index (κ3) is 3.25. The molecule has 0 radical (unpaired) electrons. The second-order valence-electron chi connectivity index (χ2n) is 5.98. The fraction of sp³-hybridized carbons (Fsp3) is 0.278. The third-order valence-corrected chi connectivity index (χ3v) is 6.21. The van der Waals surface area contributed by atoms with Crippen LogP contribution in [0.4, 0.5) is 5.69 Å². The standard InChI is InChI=1S/C18H18N2O4S/c21-25(22,20-9-1-2-10-20)16-6-4-15(5-7-16)19-12-14-3-8-17-18(11-14)24-13-23-17/h3-8,11-12H,1-2,9-10,13H2. The molecular weight excluding hydrogens is 340 g/mol. The van der Waals surface area contributed by atoms with Gasteiger partial charge in [0.2, 0.25) is 16.8 Å². The van der Waals surface area contributed by atoms with Crippen LogP contribution in [-0.2, 0) is 10.0 Å². The van der Waals surface area contributed by atoms with E-state index >= 15 is 0 Å². The number of hydrogen-bond donors (Lipinski definition) is 0. The van der Waals surface area contributed by atoms with E-state index in [1.54, 1.807) is 30.5 Å². The van der Waals surface area contributed by atoms with E-state index in [-0.39, 0.29) is 6.79 Å². The first-order chi connectivity index (χ1) is 12.1. The first-order valence-electron chi connectivity index (χ1n) is 8.17. The molecule has 0 N–H and O–H groups in total. The van der Waals surface area contributed by atoms with Gasteiger partial charge in [-0.15, -0.1) is 0 Å². The van der Waals surface area contributed by atoms with E-state index in [0.717, 1.165) is 24.2 Å². The maximum atomic E-state index is 12.5. The Kier molecular flexibility index (Phi) is 4.19. The van der Waals surface area contributed by atoms with Crippen molar-refractivity contribution in [2.75, 3.05) is 19.9 Å². The number of rotatable bonds is 4. The van der Waals surface area contributed by atoms with Crippen molar-refractivity contribution < 1.29 is 17.9 Å². The predicted octanol–water partition coefficient (Wildman–Crippen LogP) is 2.95. The summed E-state index contributed by atoms with van der Waals surface area (Å²) in [7, 11) is -3.38. The molecule has 2 aliphatic rings. The van der Waals surface area contributed by atoms with E-state index in [0.29, 0.717) is 29.4 Å². The highest BCUT2D eigenvalue weighted by Crippen LogP contribution is 2.32. The maximum absolute atomic E-state index is 12.5. The van der Waals surface area contributed by atoms with Crippen molar-refractivity contribution in [3.8, 4) is 11.5 Å². The highest BCUT2D eigenvalue weighted by molar-refractivity contribution is 7.89. The SMILES string of the molecule is O=S(=O)(c1ccc(N=Cc2ccc3c(c2)OCO3)cc1)N1CCCC1. The van der Waals surface area contributed by atoms with E-state index in [1.807, 2.05) is 18.2 Å². The van der Waals surface area contributed by atoms with Crippen LogP contribution in [0, 0.1) is 0 Å². The number of hydrogen-bond acceptors (Lipinski definition) is 5. The lowest BCUT2D eigenvalue weighted by molar-refractivity contribution is 0.174. The molecule has 6 nitrogen and oxygen atoms in total. The van der Waals surface area contributed by atoms with Crippen LogP contribution in [0.25, 0.3) is 0 Å². The van der Waals surface area contributed by atoms with Crippen LogP contribution in [0.2, 0.25) is 0 Å². The molecule has 0 amide bonds. The number of sulfonamides is 1. The monoisotopic (exact) mass is 358 g/mol. The topological polar surface area (TPSA) is 68.2 Å². The summed E-state index contributed by atoms with van der Waals surface area (Å²) in [6, 6.07) is 12.2. The van der Waals surface area contributed by atoms with E-state index in [9.17, 15) is 8.42 Å². The van der Waals surface area contributed by atoms with Gasteiger partial charge >= 0.3 is 0 Å². The van der Waals surface area contributed by atoms with Gasteiger partial charge in [-0.1, -0.05) is 0 Å². The zero-order chi connectivity index (χ0) is 17.3.